The zero-order chi connectivity index (χ0) is 29.0. The Morgan fingerprint density at radius 1 is 1.10 bits per heavy atom. The number of hydrogen-bond donors (Lipinski definition) is 2. The zero-order valence-electron chi connectivity index (χ0n) is 22.7. The number of benzene rings is 2. The second-order valence-electron chi connectivity index (χ2n) is 11.3. The second kappa shape index (κ2) is 10.3. The molecule has 0 radical (unpaired) electrons. The Bertz CT molecular complexity index is 1570. The van der Waals surface area contributed by atoms with Gasteiger partial charge in [-0.3, -0.25) is 14.5 Å². The van der Waals surface area contributed by atoms with Gasteiger partial charge in [0.25, 0.3) is 5.91 Å². The maximum Gasteiger partial charge on any atom is 0.416 e. The van der Waals surface area contributed by atoms with Gasteiger partial charge >= 0.3 is 6.18 Å². The van der Waals surface area contributed by atoms with Crippen LogP contribution in [0.15, 0.2) is 48.7 Å². The number of aromatic nitrogens is 1. The fourth-order valence-corrected chi connectivity index (χ4v) is 6.27. The summed E-state index contributed by atoms with van der Waals surface area (Å²) < 4.78 is 54.1. The van der Waals surface area contributed by atoms with E-state index in [1.54, 1.807) is 18.3 Å². The first-order chi connectivity index (χ1) is 20.2. The molecule has 2 fully saturated rings. The molecule has 1 aliphatic carbocycles. The van der Waals surface area contributed by atoms with Crippen molar-refractivity contribution in [1.82, 2.24) is 15.2 Å². The highest BCUT2D eigenvalue weighted by atomic mass is 19.4. The number of pyridine rings is 1. The van der Waals surface area contributed by atoms with E-state index in [2.05, 4.69) is 15.6 Å². The van der Waals surface area contributed by atoms with Gasteiger partial charge in [-0.25, -0.2) is 4.98 Å². The molecule has 1 aromatic heterocycles. The summed E-state index contributed by atoms with van der Waals surface area (Å²) in [5, 5.41) is 5.63. The molecule has 2 N–H and O–H groups in total. The number of nitrogens with zero attached hydrogens (tertiary/aromatic N) is 2. The lowest BCUT2D eigenvalue weighted by molar-refractivity contribution is -0.138. The number of nitrogens with one attached hydrogen (secondary N) is 2. The molecular formula is C31H29F3N4O4. The maximum atomic E-state index is 14.0. The molecule has 2 aromatic carbocycles. The van der Waals surface area contributed by atoms with E-state index >= 15 is 0 Å². The van der Waals surface area contributed by atoms with E-state index in [0.717, 1.165) is 49.5 Å². The first kappa shape index (κ1) is 26.8. The van der Waals surface area contributed by atoms with Crippen LogP contribution in [0.5, 0.6) is 17.2 Å². The van der Waals surface area contributed by atoms with Crippen LogP contribution in [0.25, 0.3) is 0 Å². The fraction of sp³-hybridized carbons (Fsp3) is 0.387. The summed E-state index contributed by atoms with van der Waals surface area (Å²) in [6.45, 7) is 1.78. The Hall–Kier alpha value is -4.12. The lowest BCUT2D eigenvalue weighted by Gasteiger charge is -2.27. The molecule has 1 saturated carbocycles. The quantitative estimate of drug-likeness (QED) is 0.406. The van der Waals surface area contributed by atoms with Gasteiger partial charge in [-0.1, -0.05) is 12.5 Å². The summed E-state index contributed by atoms with van der Waals surface area (Å²) in [4.78, 5) is 31.1. The first-order valence-electron chi connectivity index (χ1n) is 14.2. The topological polar surface area (TPSA) is 92.8 Å². The molecule has 3 atom stereocenters. The summed E-state index contributed by atoms with van der Waals surface area (Å²) >= 11 is 0. The summed E-state index contributed by atoms with van der Waals surface area (Å²) in [7, 11) is 0. The summed E-state index contributed by atoms with van der Waals surface area (Å²) in [5.74, 6) is 1.57. The summed E-state index contributed by atoms with van der Waals surface area (Å²) in [5.41, 5.74) is 1.08. The van der Waals surface area contributed by atoms with Crippen LogP contribution in [-0.4, -0.2) is 46.9 Å². The Morgan fingerprint density at radius 3 is 2.74 bits per heavy atom. The highest BCUT2D eigenvalue weighted by molar-refractivity contribution is 5.95. The van der Waals surface area contributed by atoms with Crippen molar-refractivity contribution < 1.29 is 32.2 Å². The normalized spacial score (nSPS) is 22.7. The number of fused-ring (bicyclic) bond motifs is 4. The van der Waals surface area contributed by atoms with Crippen LogP contribution in [-0.2, 0) is 23.9 Å². The predicted molar refractivity (Wildman–Crippen MR) is 147 cm³/mol. The van der Waals surface area contributed by atoms with Crippen LogP contribution in [0.1, 0.15) is 64.2 Å². The smallest absolute Gasteiger partial charge is 0.416 e. The van der Waals surface area contributed by atoms with E-state index in [4.69, 9.17) is 9.47 Å². The second-order valence-corrected chi connectivity index (χ2v) is 11.3. The average Bonchev–Trinajstić information content (AvgIpc) is 3.49. The van der Waals surface area contributed by atoms with Crippen molar-refractivity contribution >= 4 is 17.6 Å². The van der Waals surface area contributed by atoms with Crippen molar-refractivity contribution in [3.63, 3.8) is 0 Å². The van der Waals surface area contributed by atoms with Gasteiger partial charge in [-0.2, -0.15) is 13.2 Å². The fourth-order valence-electron chi connectivity index (χ4n) is 6.27. The summed E-state index contributed by atoms with van der Waals surface area (Å²) in [6.07, 6.45) is 0.657. The van der Waals surface area contributed by atoms with Crippen LogP contribution in [0, 0.1) is 0 Å². The van der Waals surface area contributed by atoms with Crippen LogP contribution >= 0.6 is 0 Å². The Labute approximate surface area is 240 Å². The highest BCUT2D eigenvalue weighted by Crippen LogP contribution is 2.54. The molecule has 0 spiro atoms. The molecule has 2 amide bonds. The van der Waals surface area contributed by atoms with E-state index in [1.165, 1.54) is 12.1 Å². The number of ether oxygens (including phenoxy) is 2. The molecule has 11 heteroatoms. The number of rotatable bonds is 6. The molecular weight excluding hydrogens is 549 g/mol. The van der Waals surface area contributed by atoms with Crippen molar-refractivity contribution in [2.45, 2.75) is 62.9 Å². The molecule has 7 rings (SSSR count). The van der Waals surface area contributed by atoms with Gasteiger partial charge in [0.2, 0.25) is 5.91 Å². The van der Waals surface area contributed by atoms with Gasteiger partial charge in [0, 0.05) is 35.9 Å². The van der Waals surface area contributed by atoms with Gasteiger partial charge in [-0.05, 0) is 74.3 Å². The molecule has 4 aliphatic rings. The lowest BCUT2D eigenvalue weighted by Crippen LogP contribution is -2.31. The zero-order valence-corrected chi connectivity index (χ0v) is 22.7. The van der Waals surface area contributed by atoms with E-state index < -0.39 is 17.6 Å². The number of likely N-dealkylation sites (tertiary alicyclic amines) is 1. The molecule has 42 heavy (non-hydrogen) atoms. The third-order valence-electron chi connectivity index (χ3n) is 8.48. The average molecular weight is 579 g/mol. The van der Waals surface area contributed by atoms with Gasteiger partial charge in [0.15, 0.2) is 0 Å². The van der Waals surface area contributed by atoms with Crippen LogP contribution in [0.3, 0.4) is 0 Å². The first-order valence-corrected chi connectivity index (χ1v) is 14.2. The van der Waals surface area contributed by atoms with Crippen LogP contribution in [0.2, 0.25) is 0 Å². The third-order valence-corrected chi connectivity index (χ3v) is 8.48. The number of alkyl halides is 3. The number of carbonyl (C=O) groups excluding carboxylic acids is 2. The van der Waals surface area contributed by atoms with E-state index in [0.29, 0.717) is 35.9 Å². The summed E-state index contributed by atoms with van der Waals surface area (Å²) in [6, 6.07) is 10.7. The Morgan fingerprint density at radius 2 is 1.93 bits per heavy atom. The predicted octanol–water partition coefficient (Wildman–Crippen LogP) is 5.42. The van der Waals surface area contributed by atoms with E-state index in [9.17, 15) is 22.8 Å². The third kappa shape index (κ3) is 5.06. The number of carbonyl (C=O) groups is 2. The van der Waals surface area contributed by atoms with Crippen LogP contribution < -0.4 is 20.1 Å². The molecule has 1 saturated heterocycles. The SMILES string of the molecule is O=C1CCc2c(Oc3ccc4c(c3)[C@H]3C(NC(=O)c5ccc(CN6CCCCC6)c(C(F)(F)F)c5)[C@H]3O4)ccnc2N1. The largest absolute Gasteiger partial charge is 0.487 e. The molecule has 218 valence electrons. The van der Waals surface area contributed by atoms with Gasteiger partial charge in [-0.15, -0.1) is 0 Å². The molecule has 3 aromatic rings. The lowest BCUT2D eigenvalue weighted by atomic mass is 10.0. The van der Waals surface area contributed by atoms with Crippen molar-refractivity contribution in [3.8, 4) is 17.2 Å². The molecule has 4 heterocycles. The Kier molecular flexibility index (Phi) is 6.56. The minimum atomic E-state index is -4.56. The number of halogens is 3. The number of hydrogen-bond acceptors (Lipinski definition) is 6. The minimum absolute atomic E-state index is 0.0263. The monoisotopic (exact) mass is 578 g/mol. The highest BCUT2D eigenvalue weighted by Gasteiger charge is 2.59. The van der Waals surface area contributed by atoms with Gasteiger partial charge in [0.1, 0.15) is 29.2 Å². The molecule has 8 nitrogen and oxygen atoms in total. The number of anilines is 1. The molecule has 1 unspecified atom stereocenters. The van der Waals surface area contributed by atoms with Crippen molar-refractivity contribution in [3.05, 3.63) is 76.5 Å². The number of amides is 2. The number of piperidine rings is 1. The van der Waals surface area contributed by atoms with Crippen molar-refractivity contribution in [2.75, 3.05) is 18.4 Å². The van der Waals surface area contributed by atoms with Crippen LogP contribution in [0.4, 0.5) is 19.0 Å². The van der Waals surface area contributed by atoms with Crippen molar-refractivity contribution in [1.29, 1.82) is 0 Å². The Balaban J connectivity index is 1.05. The van der Waals surface area contributed by atoms with Gasteiger partial charge in [0.05, 0.1) is 17.5 Å². The molecule has 0 bridgehead atoms. The van der Waals surface area contributed by atoms with E-state index in [1.807, 2.05) is 17.0 Å². The minimum Gasteiger partial charge on any atom is -0.487 e. The standard InChI is InChI=1S/C31H29F3N4O4/c32-31(33,34)22-14-17(4-5-18(22)16-38-12-2-1-3-13-38)30(40)37-27-26-21-15-19(6-8-23(21)42-28(26)27)41-24-10-11-35-29-20(24)7-9-25(39)36-29/h4-6,8,10-11,14-15,26-28H,1-3,7,9,12-13,16H2,(H,37,40)(H,35,36,39)/t26-,27?,28-/m0/s1. The van der Waals surface area contributed by atoms with Crippen molar-refractivity contribution in [2.24, 2.45) is 0 Å². The van der Waals surface area contributed by atoms with E-state index in [-0.39, 0.29) is 41.6 Å². The van der Waals surface area contributed by atoms with Gasteiger partial charge < -0.3 is 20.1 Å². The molecule has 3 aliphatic heterocycles. The maximum absolute atomic E-state index is 14.0.